The minimum absolute atomic E-state index is 0.0412. The first kappa shape index (κ1) is 16.3. The van der Waals surface area contributed by atoms with Crippen LogP contribution in [0.5, 0.6) is 5.75 Å². The zero-order valence-electron chi connectivity index (χ0n) is 13.2. The third-order valence-corrected chi connectivity index (χ3v) is 4.36. The molecule has 1 aliphatic rings. The number of ether oxygens (including phenoxy) is 1. The zero-order chi connectivity index (χ0) is 16.8. The molecule has 0 aliphatic carbocycles. The quantitative estimate of drug-likeness (QED) is 0.672. The Labute approximate surface area is 144 Å². The number of thioether (sulfide) groups is 1. The molecular formula is C18H17N3O2S. The van der Waals surface area contributed by atoms with Crippen molar-refractivity contribution in [2.75, 3.05) is 0 Å². The molecule has 6 heteroatoms. The topological polar surface area (TPSA) is 63.1 Å². The fraction of sp³-hybridized carbons (Fsp3) is 0.167. The standard InChI is InChI=1S/C18H17N3O2S/c1-13-17(22)20-18(24-13)21-19-11-15-9-5-6-10-16(15)23-12-14-7-3-2-4-8-14/h2-11,13H,12H2,1H3,(H,20,21,22)/b19-11-/t13-/m0/s1. The van der Waals surface area contributed by atoms with Crippen molar-refractivity contribution >= 4 is 29.1 Å². The predicted octanol–water partition coefficient (Wildman–Crippen LogP) is 3.21. The van der Waals surface area contributed by atoms with Crippen molar-refractivity contribution in [3.63, 3.8) is 0 Å². The van der Waals surface area contributed by atoms with E-state index in [0.717, 1.165) is 16.9 Å². The van der Waals surface area contributed by atoms with Crippen molar-refractivity contribution in [3.05, 3.63) is 65.7 Å². The summed E-state index contributed by atoms with van der Waals surface area (Å²) in [5.41, 5.74) is 1.93. The van der Waals surface area contributed by atoms with E-state index in [1.807, 2.05) is 61.5 Å². The molecular weight excluding hydrogens is 322 g/mol. The molecule has 3 rings (SSSR count). The molecule has 1 saturated heterocycles. The molecule has 1 amide bonds. The van der Waals surface area contributed by atoms with Crippen molar-refractivity contribution in [2.24, 2.45) is 10.2 Å². The lowest BCUT2D eigenvalue weighted by Crippen LogP contribution is -2.23. The lowest BCUT2D eigenvalue weighted by atomic mass is 10.2. The SMILES string of the molecule is C[C@@H]1S/C(=N\N=C/c2ccccc2OCc2ccccc2)NC1=O. The van der Waals surface area contributed by atoms with E-state index in [2.05, 4.69) is 15.5 Å². The maximum Gasteiger partial charge on any atom is 0.239 e. The summed E-state index contributed by atoms with van der Waals surface area (Å²) in [5, 5.41) is 11.2. The first-order chi connectivity index (χ1) is 11.7. The van der Waals surface area contributed by atoms with Gasteiger partial charge in [-0.05, 0) is 24.6 Å². The van der Waals surface area contributed by atoms with Gasteiger partial charge in [-0.25, -0.2) is 0 Å². The molecule has 1 heterocycles. The highest BCUT2D eigenvalue weighted by atomic mass is 32.2. The Kier molecular flexibility index (Phi) is 5.28. The summed E-state index contributed by atoms with van der Waals surface area (Å²) >= 11 is 1.36. The van der Waals surface area contributed by atoms with Crippen LogP contribution in [0.3, 0.4) is 0 Å². The van der Waals surface area contributed by atoms with Crippen LogP contribution >= 0.6 is 11.8 Å². The first-order valence-electron chi connectivity index (χ1n) is 7.56. The number of carbonyl (C=O) groups is 1. The number of hydrogen-bond acceptors (Lipinski definition) is 5. The normalized spacial score (nSPS) is 19.0. The molecule has 1 aliphatic heterocycles. The van der Waals surface area contributed by atoms with Gasteiger partial charge in [-0.3, -0.25) is 4.79 Å². The lowest BCUT2D eigenvalue weighted by molar-refractivity contribution is -0.118. The van der Waals surface area contributed by atoms with Crippen molar-refractivity contribution in [3.8, 4) is 5.75 Å². The number of rotatable bonds is 5. The summed E-state index contributed by atoms with van der Waals surface area (Å²) in [5.74, 6) is 0.697. The van der Waals surface area contributed by atoms with Gasteiger partial charge in [-0.15, -0.1) is 5.10 Å². The molecule has 0 bridgehead atoms. The fourth-order valence-corrected chi connectivity index (χ4v) is 2.86. The van der Waals surface area contributed by atoms with E-state index in [0.29, 0.717) is 11.8 Å². The van der Waals surface area contributed by atoms with E-state index >= 15 is 0 Å². The van der Waals surface area contributed by atoms with Crippen LogP contribution in [0.2, 0.25) is 0 Å². The number of carbonyl (C=O) groups excluding carboxylic acids is 1. The van der Waals surface area contributed by atoms with E-state index in [-0.39, 0.29) is 11.2 Å². The lowest BCUT2D eigenvalue weighted by Gasteiger charge is -2.08. The average Bonchev–Trinajstić information content (AvgIpc) is 2.93. The first-order valence-corrected chi connectivity index (χ1v) is 8.44. The van der Waals surface area contributed by atoms with E-state index in [9.17, 15) is 4.79 Å². The van der Waals surface area contributed by atoms with Crippen molar-refractivity contribution in [1.29, 1.82) is 0 Å². The van der Waals surface area contributed by atoms with Crippen LogP contribution in [0, 0.1) is 0 Å². The third kappa shape index (κ3) is 4.23. The second-order valence-corrected chi connectivity index (χ2v) is 6.54. The van der Waals surface area contributed by atoms with Crippen LogP contribution in [-0.4, -0.2) is 22.5 Å². The van der Waals surface area contributed by atoms with E-state index in [1.165, 1.54) is 11.8 Å². The molecule has 0 saturated carbocycles. The van der Waals surface area contributed by atoms with Gasteiger partial charge in [0.2, 0.25) is 5.91 Å². The van der Waals surface area contributed by atoms with Gasteiger partial charge in [0, 0.05) is 5.56 Å². The molecule has 1 N–H and O–H groups in total. The van der Waals surface area contributed by atoms with Gasteiger partial charge in [0.1, 0.15) is 12.4 Å². The average molecular weight is 339 g/mol. The summed E-state index contributed by atoms with van der Waals surface area (Å²) in [6.07, 6.45) is 1.63. The molecule has 1 atom stereocenters. The van der Waals surface area contributed by atoms with Crippen molar-refractivity contribution in [1.82, 2.24) is 5.32 Å². The van der Waals surface area contributed by atoms with Gasteiger partial charge in [-0.2, -0.15) is 5.10 Å². The number of nitrogens with zero attached hydrogens (tertiary/aromatic N) is 2. The molecule has 5 nitrogen and oxygen atoms in total. The molecule has 2 aromatic rings. The van der Waals surface area contributed by atoms with Gasteiger partial charge in [0.15, 0.2) is 5.17 Å². The molecule has 24 heavy (non-hydrogen) atoms. The maximum atomic E-state index is 11.4. The third-order valence-electron chi connectivity index (χ3n) is 3.39. The second kappa shape index (κ2) is 7.79. The van der Waals surface area contributed by atoms with Gasteiger partial charge in [0.25, 0.3) is 0 Å². The molecule has 0 radical (unpaired) electrons. The summed E-state index contributed by atoms with van der Waals surface area (Å²) in [4.78, 5) is 11.4. The molecule has 0 aromatic heterocycles. The maximum absolute atomic E-state index is 11.4. The number of para-hydroxylation sites is 1. The Balaban J connectivity index is 1.67. The summed E-state index contributed by atoms with van der Waals surface area (Å²) in [6.45, 7) is 2.32. The fourth-order valence-electron chi connectivity index (χ4n) is 2.10. The zero-order valence-corrected chi connectivity index (χ0v) is 14.0. The van der Waals surface area contributed by atoms with Crippen LogP contribution in [0.25, 0.3) is 0 Å². The monoisotopic (exact) mass is 339 g/mol. The highest BCUT2D eigenvalue weighted by molar-refractivity contribution is 8.15. The van der Waals surface area contributed by atoms with Crippen LogP contribution in [-0.2, 0) is 11.4 Å². The van der Waals surface area contributed by atoms with Gasteiger partial charge in [0.05, 0.1) is 11.5 Å². The Morgan fingerprint density at radius 2 is 1.92 bits per heavy atom. The van der Waals surface area contributed by atoms with Crippen LogP contribution in [0.4, 0.5) is 0 Å². The Bertz CT molecular complexity index is 775. The van der Waals surface area contributed by atoms with Gasteiger partial charge in [-0.1, -0.05) is 54.2 Å². The molecule has 122 valence electrons. The molecule has 0 unspecified atom stereocenters. The molecule has 2 aromatic carbocycles. The van der Waals surface area contributed by atoms with E-state index < -0.39 is 0 Å². The Morgan fingerprint density at radius 1 is 1.17 bits per heavy atom. The van der Waals surface area contributed by atoms with Crippen LogP contribution in [0.15, 0.2) is 64.8 Å². The van der Waals surface area contributed by atoms with E-state index in [4.69, 9.17) is 4.74 Å². The van der Waals surface area contributed by atoms with Gasteiger partial charge < -0.3 is 10.1 Å². The minimum Gasteiger partial charge on any atom is -0.488 e. The van der Waals surface area contributed by atoms with Crippen LogP contribution < -0.4 is 10.1 Å². The minimum atomic E-state index is -0.125. The molecule has 0 spiro atoms. The highest BCUT2D eigenvalue weighted by Gasteiger charge is 2.25. The number of benzene rings is 2. The van der Waals surface area contributed by atoms with Crippen LogP contribution in [0.1, 0.15) is 18.1 Å². The largest absolute Gasteiger partial charge is 0.488 e. The Morgan fingerprint density at radius 3 is 2.67 bits per heavy atom. The predicted molar refractivity (Wildman–Crippen MR) is 97.4 cm³/mol. The summed E-state index contributed by atoms with van der Waals surface area (Å²) < 4.78 is 5.87. The highest BCUT2D eigenvalue weighted by Crippen LogP contribution is 2.19. The Hall–Kier alpha value is -2.60. The van der Waals surface area contributed by atoms with E-state index in [1.54, 1.807) is 6.21 Å². The van der Waals surface area contributed by atoms with Gasteiger partial charge >= 0.3 is 0 Å². The number of amidine groups is 1. The second-order valence-electron chi connectivity index (χ2n) is 5.21. The number of amides is 1. The summed E-state index contributed by atoms with van der Waals surface area (Å²) in [7, 11) is 0. The molecule has 1 fully saturated rings. The van der Waals surface area contributed by atoms with Crippen molar-refractivity contribution < 1.29 is 9.53 Å². The smallest absolute Gasteiger partial charge is 0.239 e. The summed E-state index contributed by atoms with van der Waals surface area (Å²) in [6, 6.07) is 17.6. The number of nitrogens with one attached hydrogen (secondary N) is 1. The van der Waals surface area contributed by atoms with Crippen molar-refractivity contribution in [2.45, 2.75) is 18.8 Å². The number of hydrogen-bond donors (Lipinski definition) is 1.